The minimum atomic E-state index is 0.0347. The molecule has 1 N–H and O–H groups in total. The van der Waals surface area contributed by atoms with Gasteiger partial charge in [-0.05, 0) is 54.1 Å². The van der Waals surface area contributed by atoms with Crippen molar-refractivity contribution in [3.63, 3.8) is 0 Å². The Morgan fingerprint density at radius 2 is 2.18 bits per heavy atom. The van der Waals surface area contributed by atoms with Gasteiger partial charge in [-0.3, -0.25) is 4.79 Å². The second-order valence-electron chi connectivity index (χ2n) is 4.38. The van der Waals surface area contributed by atoms with Crippen LogP contribution in [-0.4, -0.2) is 11.9 Å². The van der Waals surface area contributed by atoms with Crippen LogP contribution >= 0.6 is 22.6 Å². The summed E-state index contributed by atoms with van der Waals surface area (Å²) in [5.74, 6) is 0.0347. The first-order chi connectivity index (χ1) is 8.13. The van der Waals surface area contributed by atoms with E-state index in [1.54, 1.807) is 0 Å². The minimum Gasteiger partial charge on any atom is -0.350 e. The summed E-state index contributed by atoms with van der Waals surface area (Å²) < 4.78 is 1.09. The molecule has 1 amide bonds. The minimum absolute atomic E-state index is 0.0347. The molecule has 1 atom stereocenters. The quantitative estimate of drug-likeness (QED) is 0.613. The monoisotopic (exact) mass is 345 g/mol. The van der Waals surface area contributed by atoms with Crippen LogP contribution in [0, 0.1) is 3.57 Å². The SMILES string of the molecule is CCCCCC(C)NC(=O)c1cccc(I)c1. The molecule has 0 saturated heterocycles. The molecule has 1 aromatic carbocycles. The topological polar surface area (TPSA) is 29.1 Å². The Morgan fingerprint density at radius 3 is 2.82 bits per heavy atom. The van der Waals surface area contributed by atoms with Crippen LogP contribution in [0.15, 0.2) is 24.3 Å². The lowest BCUT2D eigenvalue weighted by atomic mass is 10.1. The third-order valence-corrected chi connectivity index (χ3v) is 3.38. The summed E-state index contributed by atoms with van der Waals surface area (Å²) in [6.45, 7) is 4.26. The average Bonchev–Trinajstić information content (AvgIpc) is 2.29. The van der Waals surface area contributed by atoms with Crippen LogP contribution < -0.4 is 5.32 Å². The molecule has 94 valence electrons. The van der Waals surface area contributed by atoms with Crippen LogP contribution in [0.4, 0.5) is 0 Å². The van der Waals surface area contributed by atoms with Crippen LogP contribution in [0.2, 0.25) is 0 Å². The second-order valence-corrected chi connectivity index (χ2v) is 5.63. The number of rotatable bonds is 6. The maximum atomic E-state index is 11.9. The van der Waals surface area contributed by atoms with E-state index in [0.29, 0.717) is 0 Å². The molecular weight excluding hydrogens is 325 g/mol. The van der Waals surface area contributed by atoms with Gasteiger partial charge in [0.25, 0.3) is 5.91 Å². The predicted octanol–water partition coefficient (Wildman–Crippen LogP) is 3.99. The molecule has 2 nitrogen and oxygen atoms in total. The molecule has 0 radical (unpaired) electrons. The van der Waals surface area contributed by atoms with Gasteiger partial charge in [-0.1, -0.05) is 32.3 Å². The summed E-state index contributed by atoms with van der Waals surface area (Å²) in [7, 11) is 0. The van der Waals surface area contributed by atoms with Gasteiger partial charge in [0.15, 0.2) is 0 Å². The molecule has 0 fully saturated rings. The van der Waals surface area contributed by atoms with E-state index in [0.717, 1.165) is 15.6 Å². The van der Waals surface area contributed by atoms with Crippen molar-refractivity contribution in [3.8, 4) is 0 Å². The number of carbonyl (C=O) groups excluding carboxylic acids is 1. The molecule has 0 aliphatic heterocycles. The first kappa shape index (κ1) is 14.5. The lowest BCUT2D eigenvalue weighted by molar-refractivity contribution is 0.0938. The second kappa shape index (κ2) is 7.69. The van der Waals surface area contributed by atoms with E-state index in [9.17, 15) is 4.79 Å². The molecule has 0 spiro atoms. The Hall–Kier alpha value is -0.580. The fourth-order valence-corrected chi connectivity index (χ4v) is 2.25. The van der Waals surface area contributed by atoms with Crippen LogP contribution in [0.5, 0.6) is 0 Å². The van der Waals surface area contributed by atoms with Crippen LogP contribution in [-0.2, 0) is 0 Å². The third-order valence-electron chi connectivity index (χ3n) is 2.70. The van der Waals surface area contributed by atoms with Gasteiger partial charge in [0, 0.05) is 15.2 Å². The standard InChI is InChI=1S/C14H20INO/c1-3-4-5-7-11(2)16-14(17)12-8-6-9-13(15)10-12/h6,8-11H,3-5,7H2,1-2H3,(H,16,17). The number of halogens is 1. The Kier molecular flexibility index (Phi) is 6.55. The summed E-state index contributed by atoms with van der Waals surface area (Å²) in [5, 5.41) is 3.04. The number of amides is 1. The molecule has 0 bridgehead atoms. The molecule has 3 heteroatoms. The van der Waals surface area contributed by atoms with Crippen molar-refractivity contribution in [2.45, 2.75) is 45.6 Å². The Morgan fingerprint density at radius 1 is 1.41 bits per heavy atom. The van der Waals surface area contributed by atoms with E-state index in [-0.39, 0.29) is 11.9 Å². The number of benzene rings is 1. The number of hydrogen-bond acceptors (Lipinski definition) is 1. The maximum absolute atomic E-state index is 11.9. The van der Waals surface area contributed by atoms with Crippen LogP contribution in [0.25, 0.3) is 0 Å². The number of unbranched alkanes of at least 4 members (excludes halogenated alkanes) is 2. The molecule has 1 unspecified atom stereocenters. The predicted molar refractivity (Wildman–Crippen MR) is 80.2 cm³/mol. The van der Waals surface area contributed by atoms with E-state index in [2.05, 4.69) is 41.8 Å². The van der Waals surface area contributed by atoms with Gasteiger partial charge < -0.3 is 5.32 Å². The van der Waals surface area contributed by atoms with Crippen LogP contribution in [0.1, 0.15) is 49.9 Å². The van der Waals surface area contributed by atoms with Gasteiger partial charge in [0.05, 0.1) is 0 Å². The molecule has 0 saturated carbocycles. The van der Waals surface area contributed by atoms with Gasteiger partial charge >= 0.3 is 0 Å². The average molecular weight is 345 g/mol. The highest BCUT2D eigenvalue weighted by molar-refractivity contribution is 14.1. The number of nitrogens with one attached hydrogen (secondary N) is 1. The Balaban J connectivity index is 2.43. The zero-order chi connectivity index (χ0) is 12.7. The highest BCUT2D eigenvalue weighted by Crippen LogP contribution is 2.09. The third kappa shape index (κ3) is 5.52. The van der Waals surface area contributed by atoms with Gasteiger partial charge in [-0.2, -0.15) is 0 Å². The van der Waals surface area contributed by atoms with Gasteiger partial charge in [-0.15, -0.1) is 0 Å². The zero-order valence-electron chi connectivity index (χ0n) is 10.5. The van der Waals surface area contributed by atoms with Crippen molar-refractivity contribution in [1.29, 1.82) is 0 Å². The molecule has 0 aliphatic rings. The van der Waals surface area contributed by atoms with E-state index >= 15 is 0 Å². The highest BCUT2D eigenvalue weighted by atomic mass is 127. The van der Waals surface area contributed by atoms with Crippen molar-refractivity contribution in [2.24, 2.45) is 0 Å². The molecule has 0 aliphatic carbocycles. The van der Waals surface area contributed by atoms with E-state index in [1.807, 2.05) is 24.3 Å². The van der Waals surface area contributed by atoms with Crippen molar-refractivity contribution in [1.82, 2.24) is 5.32 Å². The van der Waals surface area contributed by atoms with Crippen molar-refractivity contribution in [2.75, 3.05) is 0 Å². The largest absolute Gasteiger partial charge is 0.350 e. The summed E-state index contributed by atoms with van der Waals surface area (Å²) in [6.07, 6.45) is 4.70. The zero-order valence-corrected chi connectivity index (χ0v) is 12.7. The summed E-state index contributed by atoms with van der Waals surface area (Å²) in [5.41, 5.74) is 0.749. The van der Waals surface area contributed by atoms with Crippen molar-refractivity contribution in [3.05, 3.63) is 33.4 Å². The summed E-state index contributed by atoms with van der Waals surface area (Å²) >= 11 is 2.22. The normalized spacial score (nSPS) is 12.2. The number of carbonyl (C=O) groups is 1. The molecule has 17 heavy (non-hydrogen) atoms. The highest BCUT2D eigenvalue weighted by Gasteiger charge is 2.09. The van der Waals surface area contributed by atoms with Gasteiger partial charge in [-0.25, -0.2) is 0 Å². The molecule has 1 aromatic rings. The summed E-state index contributed by atoms with van der Waals surface area (Å²) in [6, 6.07) is 7.93. The van der Waals surface area contributed by atoms with E-state index in [4.69, 9.17) is 0 Å². The first-order valence-corrected chi connectivity index (χ1v) is 7.27. The molecule has 1 rings (SSSR count). The Bertz CT molecular complexity index is 365. The van der Waals surface area contributed by atoms with E-state index < -0.39 is 0 Å². The summed E-state index contributed by atoms with van der Waals surface area (Å²) in [4.78, 5) is 11.9. The Labute approximate surface area is 117 Å². The lowest BCUT2D eigenvalue weighted by Gasteiger charge is -2.13. The lowest BCUT2D eigenvalue weighted by Crippen LogP contribution is -2.32. The van der Waals surface area contributed by atoms with Crippen molar-refractivity contribution < 1.29 is 4.79 Å². The molecule has 0 aromatic heterocycles. The fraction of sp³-hybridized carbons (Fsp3) is 0.500. The molecule has 0 heterocycles. The maximum Gasteiger partial charge on any atom is 0.251 e. The van der Waals surface area contributed by atoms with Gasteiger partial charge in [0.2, 0.25) is 0 Å². The first-order valence-electron chi connectivity index (χ1n) is 6.20. The van der Waals surface area contributed by atoms with Crippen LogP contribution in [0.3, 0.4) is 0 Å². The number of hydrogen-bond donors (Lipinski definition) is 1. The van der Waals surface area contributed by atoms with Gasteiger partial charge in [0.1, 0.15) is 0 Å². The smallest absolute Gasteiger partial charge is 0.251 e. The van der Waals surface area contributed by atoms with Crippen molar-refractivity contribution >= 4 is 28.5 Å². The fourth-order valence-electron chi connectivity index (χ4n) is 1.71. The molecular formula is C14H20INO. The van der Waals surface area contributed by atoms with E-state index in [1.165, 1.54) is 19.3 Å².